The van der Waals surface area contributed by atoms with E-state index in [0.717, 1.165) is 5.76 Å². The van der Waals surface area contributed by atoms with Crippen molar-refractivity contribution >= 4 is 39.6 Å². The number of hydrogen-bond donors (Lipinski definition) is 2. The van der Waals surface area contributed by atoms with E-state index in [4.69, 9.17) is 4.42 Å². The van der Waals surface area contributed by atoms with Gasteiger partial charge in [-0.2, -0.15) is 0 Å². The number of aryl methyl sites for hydroxylation is 1. The van der Waals surface area contributed by atoms with E-state index in [1.54, 1.807) is 17.5 Å². The number of hydrogen-bond acceptors (Lipinski definition) is 6. The van der Waals surface area contributed by atoms with Crippen LogP contribution in [0.2, 0.25) is 0 Å². The lowest BCUT2D eigenvalue weighted by Gasteiger charge is -2.03. The van der Waals surface area contributed by atoms with E-state index >= 15 is 0 Å². The molecular weight excluding hydrogens is 334 g/mol. The number of nitrogens with zero attached hydrogens (tertiary/aromatic N) is 1. The summed E-state index contributed by atoms with van der Waals surface area (Å²) in [7, 11) is 0. The van der Waals surface area contributed by atoms with Crippen molar-refractivity contribution in [2.75, 3.05) is 11.9 Å². The summed E-state index contributed by atoms with van der Waals surface area (Å²) in [4.78, 5) is 28.5. The van der Waals surface area contributed by atoms with Crippen molar-refractivity contribution < 1.29 is 14.0 Å². The summed E-state index contributed by atoms with van der Waals surface area (Å²) in [6.07, 6.45) is 0. The number of rotatable bonds is 5. The Balaban J connectivity index is 1.54. The first-order valence-electron chi connectivity index (χ1n) is 6.76. The molecule has 6 nitrogen and oxygen atoms in total. The van der Waals surface area contributed by atoms with Crippen LogP contribution < -0.4 is 10.6 Å². The lowest BCUT2D eigenvalue weighted by Crippen LogP contribution is -2.32. The Morgan fingerprint density at radius 1 is 1.26 bits per heavy atom. The first-order valence-corrected chi connectivity index (χ1v) is 8.51. The van der Waals surface area contributed by atoms with Crippen molar-refractivity contribution in [1.29, 1.82) is 0 Å². The number of carbonyl (C=O) groups is 2. The first kappa shape index (κ1) is 15.4. The maximum atomic E-state index is 11.9. The number of anilines is 1. The highest BCUT2D eigenvalue weighted by molar-refractivity contribution is 7.14. The van der Waals surface area contributed by atoms with Crippen LogP contribution >= 0.6 is 22.7 Å². The second kappa shape index (κ2) is 6.76. The Kier molecular flexibility index (Phi) is 4.54. The van der Waals surface area contributed by atoms with Crippen molar-refractivity contribution in [2.45, 2.75) is 6.92 Å². The molecule has 0 saturated heterocycles. The summed E-state index contributed by atoms with van der Waals surface area (Å²) in [6, 6.07) is 7.17. The van der Waals surface area contributed by atoms with E-state index in [9.17, 15) is 9.59 Å². The molecule has 118 valence electrons. The maximum Gasteiger partial charge on any atom is 0.261 e. The Morgan fingerprint density at radius 2 is 2.13 bits per heavy atom. The van der Waals surface area contributed by atoms with Crippen LogP contribution in [0, 0.1) is 6.92 Å². The van der Waals surface area contributed by atoms with Gasteiger partial charge >= 0.3 is 0 Å². The number of thiophene rings is 1. The van der Waals surface area contributed by atoms with E-state index in [-0.39, 0.29) is 18.4 Å². The molecule has 0 unspecified atom stereocenters. The molecule has 3 aromatic rings. The van der Waals surface area contributed by atoms with Crippen molar-refractivity contribution in [1.82, 2.24) is 10.3 Å². The second-order valence-corrected chi connectivity index (χ2v) is 6.46. The molecule has 3 aromatic heterocycles. The fourth-order valence-electron chi connectivity index (χ4n) is 1.84. The van der Waals surface area contributed by atoms with Crippen LogP contribution in [-0.2, 0) is 4.79 Å². The fraction of sp³-hybridized carbons (Fsp3) is 0.133. The average Bonchev–Trinajstić information content (AvgIpc) is 3.25. The molecule has 3 rings (SSSR count). The number of thiazole rings is 1. The van der Waals surface area contributed by atoms with Crippen LogP contribution in [-0.4, -0.2) is 23.3 Å². The molecule has 2 N–H and O–H groups in total. The first-order chi connectivity index (χ1) is 11.1. The van der Waals surface area contributed by atoms with Gasteiger partial charge in [-0.05, 0) is 30.5 Å². The summed E-state index contributed by atoms with van der Waals surface area (Å²) < 4.78 is 5.48. The van der Waals surface area contributed by atoms with Gasteiger partial charge in [-0.1, -0.05) is 6.07 Å². The summed E-state index contributed by atoms with van der Waals surface area (Å²) in [5, 5.41) is 9.29. The average molecular weight is 347 g/mol. The highest BCUT2D eigenvalue weighted by atomic mass is 32.1. The molecule has 0 aliphatic rings. The molecule has 0 atom stereocenters. The van der Waals surface area contributed by atoms with Crippen molar-refractivity contribution in [3.05, 3.63) is 45.7 Å². The molecule has 0 saturated carbocycles. The zero-order chi connectivity index (χ0) is 16.2. The molecule has 2 amide bonds. The van der Waals surface area contributed by atoms with Gasteiger partial charge in [-0.25, -0.2) is 4.98 Å². The maximum absolute atomic E-state index is 11.9. The number of furan rings is 1. The molecule has 0 spiro atoms. The Bertz CT molecular complexity index is 821. The van der Waals surface area contributed by atoms with Crippen molar-refractivity contribution in [2.24, 2.45) is 0 Å². The highest BCUT2D eigenvalue weighted by Gasteiger charge is 2.12. The minimum absolute atomic E-state index is 0.106. The van der Waals surface area contributed by atoms with Gasteiger partial charge < -0.3 is 15.1 Å². The Morgan fingerprint density at radius 3 is 2.83 bits per heavy atom. The Hall–Kier alpha value is -2.45. The van der Waals surface area contributed by atoms with Crippen molar-refractivity contribution in [3.8, 4) is 11.5 Å². The molecule has 0 aliphatic carbocycles. The molecule has 23 heavy (non-hydrogen) atoms. The van der Waals surface area contributed by atoms with E-state index in [0.29, 0.717) is 21.5 Å². The van der Waals surface area contributed by atoms with E-state index in [1.807, 2.05) is 24.4 Å². The molecule has 0 aliphatic heterocycles. The second-order valence-electron chi connectivity index (χ2n) is 4.66. The van der Waals surface area contributed by atoms with Gasteiger partial charge in [0.2, 0.25) is 5.91 Å². The lowest BCUT2D eigenvalue weighted by atomic mass is 10.4. The Labute approximate surface area is 140 Å². The molecule has 3 heterocycles. The van der Waals surface area contributed by atoms with E-state index in [2.05, 4.69) is 15.6 Å². The van der Waals surface area contributed by atoms with E-state index < -0.39 is 0 Å². The SMILES string of the molecule is Cc1ccc(-c2csc(NC(=O)CNC(=O)c3cccs3)n2)o1. The number of carbonyl (C=O) groups excluding carboxylic acids is 2. The monoisotopic (exact) mass is 347 g/mol. The van der Waals surface area contributed by atoms with Crippen LogP contribution in [0.4, 0.5) is 5.13 Å². The zero-order valence-electron chi connectivity index (χ0n) is 12.2. The smallest absolute Gasteiger partial charge is 0.261 e. The van der Waals surface area contributed by atoms with Gasteiger partial charge in [-0.15, -0.1) is 22.7 Å². The third-order valence-corrected chi connectivity index (χ3v) is 4.52. The van der Waals surface area contributed by atoms with Crippen LogP contribution in [0.1, 0.15) is 15.4 Å². The highest BCUT2D eigenvalue weighted by Crippen LogP contribution is 2.26. The van der Waals surface area contributed by atoms with Gasteiger partial charge in [0.15, 0.2) is 10.9 Å². The van der Waals surface area contributed by atoms with Gasteiger partial charge in [0.25, 0.3) is 5.91 Å². The number of nitrogens with one attached hydrogen (secondary N) is 2. The van der Waals surface area contributed by atoms with Crippen LogP contribution in [0.5, 0.6) is 0 Å². The van der Waals surface area contributed by atoms with Crippen LogP contribution in [0.3, 0.4) is 0 Å². The summed E-state index contributed by atoms with van der Waals surface area (Å²) in [6.45, 7) is 1.75. The summed E-state index contributed by atoms with van der Waals surface area (Å²) in [5.41, 5.74) is 0.668. The topological polar surface area (TPSA) is 84.2 Å². The van der Waals surface area contributed by atoms with Gasteiger partial charge in [0.05, 0.1) is 11.4 Å². The number of aromatic nitrogens is 1. The molecule has 0 aromatic carbocycles. The normalized spacial score (nSPS) is 10.5. The standard InChI is InChI=1S/C15H13N3O3S2/c1-9-4-5-11(21-9)10-8-23-15(17-10)18-13(19)7-16-14(20)12-3-2-6-22-12/h2-6,8H,7H2,1H3,(H,16,20)(H,17,18,19). The van der Waals surface area contributed by atoms with E-state index in [1.165, 1.54) is 22.7 Å². The molecule has 0 radical (unpaired) electrons. The third-order valence-electron chi connectivity index (χ3n) is 2.90. The minimum atomic E-state index is -0.327. The van der Waals surface area contributed by atoms with Crippen molar-refractivity contribution in [3.63, 3.8) is 0 Å². The molecule has 8 heteroatoms. The fourth-order valence-corrected chi connectivity index (χ4v) is 3.19. The minimum Gasteiger partial charge on any atom is -0.460 e. The van der Waals surface area contributed by atoms with Crippen LogP contribution in [0.25, 0.3) is 11.5 Å². The predicted molar refractivity (Wildman–Crippen MR) is 89.8 cm³/mol. The van der Waals surface area contributed by atoms with Crippen LogP contribution in [0.15, 0.2) is 39.4 Å². The van der Waals surface area contributed by atoms with Gasteiger partial charge in [-0.3, -0.25) is 9.59 Å². The van der Waals surface area contributed by atoms with Gasteiger partial charge in [0, 0.05) is 5.38 Å². The largest absolute Gasteiger partial charge is 0.460 e. The third kappa shape index (κ3) is 3.85. The molecule has 0 bridgehead atoms. The zero-order valence-corrected chi connectivity index (χ0v) is 13.8. The van der Waals surface area contributed by atoms with Gasteiger partial charge in [0.1, 0.15) is 11.5 Å². The summed E-state index contributed by atoms with van der Waals surface area (Å²) >= 11 is 2.63. The lowest BCUT2D eigenvalue weighted by molar-refractivity contribution is -0.115. The predicted octanol–water partition coefficient (Wildman–Crippen LogP) is 3.14. The molecule has 0 fully saturated rings. The number of amides is 2. The molecular formula is C15H13N3O3S2. The quantitative estimate of drug-likeness (QED) is 0.742. The summed E-state index contributed by atoms with van der Waals surface area (Å²) in [5.74, 6) is 0.868.